The van der Waals surface area contributed by atoms with Gasteiger partial charge in [-0.05, 0) is 7.05 Å². The van der Waals surface area contributed by atoms with E-state index in [2.05, 4.69) is 5.32 Å². The smallest absolute Gasteiger partial charge is 0.0695 e. The summed E-state index contributed by atoms with van der Waals surface area (Å²) in [4.78, 5) is 0. The summed E-state index contributed by atoms with van der Waals surface area (Å²) in [6.07, 6.45) is 0. The molecule has 0 aliphatic rings. The van der Waals surface area contributed by atoms with E-state index in [4.69, 9.17) is 5.21 Å². The minimum absolute atomic E-state index is 0.444. The summed E-state index contributed by atoms with van der Waals surface area (Å²) in [7, 11) is 1.74. The highest BCUT2D eigenvalue weighted by Crippen LogP contribution is 1.29. The Kier molecular flexibility index (Phi) is 3.79. The van der Waals surface area contributed by atoms with E-state index in [0.717, 1.165) is 0 Å². The van der Waals surface area contributed by atoms with E-state index in [1.807, 2.05) is 5.48 Å². The van der Waals surface area contributed by atoms with E-state index < -0.39 is 0 Å². The summed E-state index contributed by atoms with van der Waals surface area (Å²) in [5.41, 5.74) is 1.91. The van der Waals surface area contributed by atoms with Gasteiger partial charge in [0.15, 0.2) is 0 Å². The van der Waals surface area contributed by atoms with E-state index in [0.29, 0.717) is 6.67 Å². The first-order valence-corrected chi connectivity index (χ1v) is 1.43. The maximum atomic E-state index is 7.75. The summed E-state index contributed by atoms with van der Waals surface area (Å²) >= 11 is 0. The number of rotatable bonds is 2. The molecule has 0 rings (SSSR count). The molecular weight excluding hydrogens is 68.0 g/mol. The Morgan fingerprint density at radius 3 is 2.40 bits per heavy atom. The predicted octanol–water partition coefficient (Wildman–Crippen LogP) is -0.858. The van der Waals surface area contributed by atoms with Crippen LogP contribution < -0.4 is 10.8 Å². The maximum Gasteiger partial charge on any atom is 0.0695 e. The van der Waals surface area contributed by atoms with Crippen molar-refractivity contribution in [3.63, 3.8) is 0 Å². The van der Waals surface area contributed by atoms with Crippen LogP contribution in [0.3, 0.4) is 0 Å². The predicted molar refractivity (Wildman–Crippen MR) is 18.8 cm³/mol. The van der Waals surface area contributed by atoms with Gasteiger partial charge in [0.25, 0.3) is 0 Å². The van der Waals surface area contributed by atoms with Crippen molar-refractivity contribution < 1.29 is 5.21 Å². The fourth-order valence-corrected chi connectivity index (χ4v) is 0.0791. The van der Waals surface area contributed by atoms with Gasteiger partial charge in [-0.15, -0.1) is 0 Å². The average Bonchev–Trinajstić information content (AvgIpc) is 1.41. The first-order chi connectivity index (χ1) is 2.41. The third-order valence-corrected chi connectivity index (χ3v) is 0.256. The largest absolute Gasteiger partial charge is 0.316 e. The normalized spacial score (nSPS) is 8.40. The number of hydrogen-bond donors (Lipinski definition) is 3. The second-order valence-electron chi connectivity index (χ2n) is 0.688. The van der Waals surface area contributed by atoms with Crippen molar-refractivity contribution in [2.24, 2.45) is 0 Å². The number of hydroxylamine groups is 1. The van der Waals surface area contributed by atoms with Crippen LogP contribution in [0.4, 0.5) is 0 Å². The van der Waals surface area contributed by atoms with Crippen molar-refractivity contribution >= 4 is 0 Å². The zero-order valence-corrected chi connectivity index (χ0v) is 3.15. The van der Waals surface area contributed by atoms with Gasteiger partial charge in [-0.3, -0.25) is 0 Å². The van der Waals surface area contributed by atoms with Crippen LogP contribution >= 0.6 is 0 Å². The van der Waals surface area contributed by atoms with E-state index >= 15 is 0 Å². The summed E-state index contributed by atoms with van der Waals surface area (Å²) in [5.74, 6) is 0. The van der Waals surface area contributed by atoms with Crippen LogP contribution in [0.15, 0.2) is 0 Å². The lowest BCUT2D eigenvalue weighted by Crippen LogP contribution is -2.21. The Bertz CT molecular complexity index is 15.1. The molecule has 0 atom stereocenters. The fourth-order valence-electron chi connectivity index (χ4n) is 0.0791. The van der Waals surface area contributed by atoms with Gasteiger partial charge in [0.1, 0.15) is 0 Å². The second kappa shape index (κ2) is 3.88. The lowest BCUT2D eigenvalue weighted by atomic mass is 11.1. The van der Waals surface area contributed by atoms with E-state index in [9.17, 15) is 0 Å². The van der Waals surface area contributed by atoms with Crippen LogP contribution in [-0.4, -0.2) is 18.9 Å². The van der Waals surface area contributed by atoms with Crippen molar-refractivity contribution in [3.8, 4) is 0 Å². The van der Waals surface area contributed by atoms with Crippen molar-refractivity contribution in [1.29, 1.82) is 0 Å². The molecule has 3 heteroatoms. The zero-order chi connectivity index (χ0) is 4.12. The van der Waals surface area contributed by atoms with Crippen LogP contribution in [0.2, 0.25) is 0 Å². The monoisotopic (exact) mass is 76.1 g/mol. The molecule has 5 heavy (non-hydrogen) atoms. The first-order valence-electron chi connectivity index (χ1n) is 1.43. The van der Waals surface area contributed by atoms with Gasteiger partial charge < -0.3 is 10.5 Å². The summed E-state index contributed by atoms with van der Waals surface area (Å²) in [6.45, 7) is 0.444. The van der Waals surface area contributed by atoms with Gasteiger partial charge in [-0.2, -0.15) is 5.48 Å². The molecule has 0 aliphatic carbocycles. The molecule has 0 aromatic heterocycles. The minimum Gasteiger partial charge on any atom is -0.316 e. The Hall–Kier alpha value is -0.120. The van der Waals surface area contributed by atoms with Crippen LogP contribution in [0.1, 0.15) is 0 Å². The molecule has 0 unspecified atom stereocenters. The molecule has 0 bridgehead atoms. The molecule has 0 aliphatic heterocycles. The lowest BCUT2D eigenvalue weighted by Gasteiger charge is -1.87. The highest BCUT2D eigenvalue weighted by atomic mass is 16.5. The molecular formula is C2H8N2O. The van der Waals surface area contributed by atoms with Crippen molar-refractivity contribution in [1.82, 2.24) is 10.8 Å². The molecule has 0 amide bonds. The van der Waals surface area contributed by atoms with Gasteiger partial charge in [-0.25, -0.2) is 0 Å². The Labute approximate surface area is 31.0 Å². The number of hydrogen-bond acceptors (Lipinski definition) is 3. The van der Waals surface area contributed by atoms with E-state index in [1.54, 1.807) is 7.05 Å². The van der Waals surface area contributed by atoms with Crippen LogP contribution in [0.25, 0.3) is 0 Å². The third kappa shape index (κ3) is 3.88. The van der Waals surface area contributed by atoms with Gasteiger partial charge in [0.05, 0.1) is 6.67 Å². The Morgan fingerprint density at radius 2 is 2.40 bits per heavy atom. The van der Waals surface area contributed by atoms with Crippen LogP contribution in [0.5, 0.6) is 0 Å². The van der Waals surface area contributed by atoms with Crippen LogP contribution in [-0.2, 0) is 0 Å². The van der Waals surface area contributed by atoms with Crippen molar-refractivity contribution in [2.75, 3.05) is 13.7 Å². The zero-order valence-electron chi connectivity index (χ0n) is 3.15. The fraction of sp³-hybridized carbons (Fsp3) is 1.00. The summed E-state index contributed by atoms with van der Waals surface area (Å²) in [6, 6.07) is 0. The van der Waals surface area contributed by atoms with Gasteiger partial charge in [0.2, 0.25) is 0 Å². The standard InChI is InChI=1S/C2H8N2O/c1-3-2-4-5/h3-5H,2H2,1H3. The van der Waals surface area contributed by atoms with E-state index in [1.165, 1.54) is 0 Å². The minimum atomic E-state index is 0.444. The lowest BCUT2D eigenvalue weighted by molar-refractivity contribution is 0.161. The molecule has 0 aromatic carbocycles. The number of nitrogens with one attached hydrogen (secondary N) is 2. The molecule has 0 radical (unpaired) electrons. The quantitative estimate of drug-likeness (QED) is 0.296. The molecule has 32 valence electrons. The molecule has 0 spiro atoms. The first kappa shape index (κ1) is 4.88. The average molecular weight is 76.1 g/mol. The summed E-state index contributed by atoms with van der Waals surface area (Å²) in [5, 5.41) is 10.4. The van der Waals surface area contributed by atoms with Gasteiger partial charge in [-0.1, -0.05) is 0 Å². The highest BCUT2D eigenvalue weighted by Gasteiger charge is 1.62. The SMILES string of the molecule is CNCNO. The molecule has 0 aromatic rings. The molecule has 0 saturated heterocycles. The second-order valence-corrected chi connectivity index (χ2v) is 0.688. The summed E-state index contributed by atoms with van der Waals surface area (Å²) < 4.78 is 0. The van der Waals surface area contributed by atoms with E-state index in [-0.39, 0.29) is 0 Å². The van der Waals surface area contributed by atoms with Crippen LogP contribution in [0, 0.1) is 0 Å². The molecule has 3 nitrogen and oxygen atoms in total. The highest BCUT2D eigenvalue weighted by molar-refractivity contribution is 4.15. The molecule has 3 N–H and O–H groups in total. The van der Waals surface area contributed by atoms with Gasteiger partial charge in [0, 0.05) is 0 Å². The molecule has 0 heterocycles. The third-order valence-electron chi connectivity index (χ3n) is 0.256. The maximum absolute atomic E-state index is 7.75. The molecule has 0 fully saturated rings. The van der Waals surface area contributed by atoms with Gasteiger partial charge >= 0.3 is 0 Å². The van der Waals surface area contributed by atoms with Crippen molar-refractivity contribution in [3.05, 3.63) is 0 Å². The Balaban J connectivity index is 2.19. The topological polar surface area (TPSA) is 44.3 Å². The molecule has 0 saturated carbocycles. The Morgan fingerprint density at radius 1 is 1.80 bits per heavy atom. The van der Waals surface area contributed by atoms with Crippen molar-refractivity contribution in [2.45, 2.75) is 0 Å².